The minimum atomic E-state index is -0.233. The largest absolute Gasteiger partial charge is 0.335 e. The molecule has 0 spiro atoms. The number of urea groups is 1. The van der Waals surface area contributed by atoms with E-state index in [1.165, 1.54) is 0 Å². The van der Waals surface area contributed by atoms with Crippen molar-refractivity contribution in [2.45, 2.75) is 32.4 Å². The monoisotopic (exact) mass is 371 g/mol. The zero-order valence-electron chi connectivity index (χ0n) is 14.7. The quantitative estimate of drug-likeness (QED) is 0.795. The van der Waals surface area contributed by atoms with Crippen LogP contribution in [0.2, 0.25) is 5.02 Å². The van der Waals surface area contributed by atoms with E-state index in [4.69, 9.17) is 11.6 Å². The first-order valence-corrected chi connectivity index (χ1v) is 9.14. The average molecular weight is 372 g/mol. The molecule has 3 rings (SSSR count). The molecule has 1 aliphatic carbocycles. The molecule has 0 aromatic heterocycles. The highest BCUT2D eigenvalue weighted by Gasteiger charge is 2.23. The molecule has 0 unspecified atom stereocenters. The summed E-state index contributed by atoms with van der Waals surface area (Å²) >= 11 is 6.03. The Morgan fingerprint density at radius 1 is 1.15 bits per heavy atom. The van der Waals surface area contributed by atoms with Gasteiger partial charge in [0.15, 0.2) is 0 Å². The van der Waals surface area contributed by atoms with Gasteiger partial charge in [-0.1, -0.05) is 29.8 Å². The Balaban J connectivity index is 1.68. The van der Waals surface area contributed by atoms with Crippen molar-refractivity contribution in [3.63, 3.8) is 0 Å². The number of amides is 3. The number of hydrogen-bond acceptors (Lipinski definition) is 2. The van der Waals surface area contributed by atoms with Crippen LogP contribution in [0.15, 0.2) is 48.5 Å². The third kappa shape index (κ3) is 4.99. The lowest BCUT2D eigenvalue weighted by Gasteiger charge is -2.21. The van der Waals surface area contributed by atoms with E-state index in [-0.39, 0.29) is 18.0 Å². The number of halogens is 1. The van der Waals surface area contributed by atoms with E-state index in [0.29, 0.717) is 29.4 Å². The first-order chi connectivity index (χ1) is 12.5. The summed E-state index contributed by atoms with van der Waals surface area (Å²) in [7, 11) is 0. The third-order valence-corrected chi connectivity index (χ3v) is 4.45. The molecule has 0 saturated heterocycles. The molecule has 1 saturated carbocycles. The number of rotatable bonds is 6. The molecule has 3 amide bonds. The van der Waals surface area contributed by atoms with Gasteiger partial charge in [0.05, 0.1) is 0 Å². The second kappa shape index (κ2) is 8.23. The zero-order chi connectivity index (χ0) is 18.5. The van der Waals surface area contributed by atoms with Crippen molar-refractivity contribution < 1.29 is 9.59 Å². The van der Waals surface area contributed by atoms with E-state index in [9.17, 15) is 9.59 Å². The second-order valence-corrected chi connectivity index (χ2v) is 6.84. The summed E-state index contributed by atoms with van der Waals surface area (Å²) in [5.41, 5.74) is 2.12. The Morgan fingerprint density at radius 3 is 2.62 bits per heavy atom. The standard InChI is InChI=1S/C20H22ClN3O2/c1-2-24(13-14-5-3-7-16(21)11-14)19(25)15-6-4-8-18(12-15)23-20(26)22-17-9-10-17/h3-8,11-12,17H,2,9-10,13H2,1H3,(H2,22,23,26). The molecular weight excluding hydrogens is 350 g/mol. The molecule has 6 heteroatoms. The number of hydrogen-bond donors (Lipinski definition) is 2. The van der Waals surface area contributed by atoms with Crippen LogP contribution in [0.25, 0.3) is 0 Å². The SMILES string of the molecule is CCN(Cc1cccc(Cl)c1)C(=O)c1cccc(NC(=O)NC2CC2)c1. The van der Waals surface area contributed by atoms with Gasteiger partial charge in [-0.3, -0.25) is 4.79 Å². The Kier molecular flexibility index (Phi) is 5.78. The first kappa shape index (κ1) is 18.3. The maximum absolute atomic E-state index is 12.9. The molecule has 2 N–H and O–H groups in total. The van der Waals surface area contributed by atoms with Gasteiger partial charge in [-0.25, -0.2) is 4.79 Å². The molecule has 1 aliphatic rings. The summed E-state index contributed by atoms with van der Waals surface area (Å²) in [4.78, 5) is 26.5. The highest BCUT2D eigenvalue weighted by atomic mass is 35.5. The summed E-state index contributed by atoms with van der Waals surface area (Å²) in [5, 5.41) is 6.30. The highest BCUT2D eigenvalue weighted by Crippen LogP contribution is 2.20. The van der Waals surface area contributed by atoms with E-state index in [2.05, 4.69) is 10.6 Å². The van der Waals surface area contributed by atoms with Crippen molar-refractivity contribution in [1.29, 1.82) is 0 Å². The fourth-order valence-electron chi connectivity index (χ4n) is 2.68. The summed E-state index contributed by atoms with van der Waals surface area (Å²) in [6, 6.07) is 14.5. The Hall–Kier alpha value is -2.53. The lowest BCUT2D eigenvalue weighted by Crippen LogP contribution is -2.31. The van der Waals surface area contributed by atoms with Gasteiger partial charge in [-0.05, 0) is 55.7 Å². The molecular formula is C20H22ClN3O2. The number of benzene rings is 2. The fraction of sp³-hybridized carbons (Fsp3) is 0.300. The van der Waals surface area contributed by atoms with E-state index in [1.54, 1.807) is 29.2 Å². The van der Waals surface area contributed by atoms with E-state index < -0.39 is 0 Å². The minimum absolute atomic E-state index is 0.0845. The van der Waals surface area contributed by atoms with Crippen LogP contribution in [0.4, 0.5) is 10.5 Å². The molecule has 2 aromatic carbocycles. The van der Waals surface area contributed by atoms with Crippen LogP contribution in [0, 0.1) is 0 Å². The molecule has 0 radical (unpaired) electrons. The van der Waals surface area contributed by atoms with Crippen molar-refractivity contribution in [3.8, 4) is 0 Å². The molecule has 0 bridgehead atoms. The summed E-state index contributed by atoms with van der Waals surface area (Å²) in [6.07, 6.45) is 2.06. The van der Waals surface area contributed by atoms with Gasteiger partial charge < -0.3 is 15.5 Å². The van der Waals surface area contributed by atoms with Gasteiger partial charge in [-0.2, -0.15) is 0 Å². The first-order valence-electron chi connectivity index (χ1n) is 8.76. The van der Waals surface area contributed by atoms with Gasteiger partial charge in [0.25, 0.3) is 5.91 Å². The molecule has 0 atom stereocenters. The van der Waals surface area contributed by atoms with Gasteiger partial charge in [0, 0.05) is 35.4 Å². The molecule has 26 heavy (non-hydrogen) atoms. The van der Waals surface area contributed by atoms with Crippen LogP contribution in [0.5, 0.6) is 0 Å². The average Bonchev–Trinajstić information content (AvgIpc) is 3.43. The number of nitrogens with one attached hydrogen (secondary N) is 2. The molecule has 2 aromatic rings. The van der Waals surface area contributed by atoms with Crippen molar-refractivity contribution >= 4 is 29.2 Å². The van der Waals surface area contributed by atoms with Crippen LogP contribution < -0.4 is 10.6 Å². The smallest absolute Gasteiger partial charge is 0.319 e. The van der Waals surface area contributed by atoms with Gasteiger partial charge >= 0.3 is 6.03 Å². The molecule has 5 nitrogen and oxygen atoms in total. The van der Waals surface area contributed by atoms with Crippen LogP contribution in [0.3, 0.4) is 0 Å². The normalized spacial score (nSPS) is 13.2. The summed E-state index contributed by atoms with van der Waals surface area (Å²) in [5.74, 6) is -0.0845. The lowest BCUT2D eigenvalue weighted by molar-refractivity contribution is 0.0752. The second-order valence-electron chi connectivity index (χ2n) is 6.40. The Labute approximate surface area is 158 Å². The van der Waals surface area contributed by atoms with Crippen molar-refractivity contribution in [1.82, 2.24) is 10.2 Å². The van der Waals surface area contributed by atoms with Gasteiger partial charge in [0.2, 0.25) is 0 Å². The maximum atomic E-state index is 12.9. The predicted molar refractivity (Wildman–Crippen MR) is 103 cm³/mol. The zero-order valence-corrected chi connectivity index (χ0v) is 15.4. The van der Waals surface area contributed by atoms with Crippen LogP contribution in [-0.4, -0.2) is 29.4 Å². The number of carbonyl (C=O) groups is 2. The van der Waals surface area contributed by atoms with Gasteiger partial charge in [0.1, 0.15) is 0 Å². The predicted octanol–water partition coefficient (Wildman–Crippen LogP) is 4.29. The highest BCUT2D eigenvalue weighted by molar-refractivity contribution is 6.30. The minimum Gasteiger partial charge on any atom is -0.335 e. The Morgan fingerprint density at radius 2 is 1.92 bits per heavy atom. The lowest BCUT2D eigenvalue weighted by atomic mass is 10.1. The summed E-state index contributed by atoms with van der Waals surface area (Å²) in [6.45, 7) is 2.99. The van der Waals surface area contributed by atoms with E-state index in [1.807, 2.05) is 31.2 Å². The van der Waals surface area contributed by atoms with Crippen molar-refractivity contribution in [3.05, 3.63) is 64.7 Å². The van der Waals surface area contributed by atoms with Crippen molar-refractivity contribution in [2.75, 3.05) is 11.9 Å². The number of nitrogens with zero attached hydrogens (tertiary/aromatic N) is 1. The van der Waals surface area contributed by atoms with Crippen LogP contribution in [0.1, 0.15) is 35.7 Å². The van der Waals surface area contributed by atoms with Gasteiger partial charge in [-0.15, -0.1) is 0 Å². The molecule has 1 fully saturated rings. The Bertz CT molecular complexity index is 805. The molecule has 0 aliphatic heterocycles. The van der Waals surface area contributed by atoms with Crippen LogP contribution in [-0.2, 0) is 6.54 Å². The summed E-state index contributed by atoms with van der Waals surface area (Å²) < 4.78 is 0. The van der Waals surface area contributed by atoms with Crippen molar-refractivity contribution in [2.24, 2.45) is 0 Å². The maximum Gasteiger partial charge on any atom is 0.319 e. The van der Waals surface area contributed by atoms with E-state index in [0.717, 1.165) is 18.4 Å². The number of carbonyl (C=O) groups excluding carboxylic acids is 2. The third-order valence-electron chi connectivity index (χ3n) is 4.21. The molecule has 136 valence electrons. The number of anilines is 1. The fourth-order valence-corrected chi connectivity index (χ4v) is 2.89. The van der Waals surface area contributed by atoms with Crippen LogP contribution >= 0.6 is 11.6 Å². The molecule has 0 heterocycles. The topological polar surface area (TPSA) is 61.4 Å². The van der Waals surface area contributed by atoms with E-state index >= 15 is 0 Å².